The fourth-order valence-electron chi connectivity index (χ4n) is 1.65. The zero-order chi connectivity index (χ0) is 16.7. The van der Waals surface area contributed by atoms with Gasteiger partial charge in [-0.05, 0) is 18.2 Å². The highest BCUT2D eigenvalue weighted by Gasteiger charge is 2.10. The molecule has 0 bridgehead atoms. The molecule has 130 valence electrons. The first-order valence-electron chi connectivity index (χ1n) is 6.71. The van der Waals surface area contributed by atoms with Gasteiger partial charge in [-0.2, -0.15) is 4.98 Å². The van der Waals surface area contributed by atoms with Crippen molar-refractivity contribution in [2.45, 2.75) is 13.2 Å². The standard InChI is InChI=1S/C14H16N4O5.ClH/c1-21-14(20)9-3-2-4-10(5-9)22-8-11-17-13(23-18-11)7-16-12(19)6-15;/h2-5H,6-8,15H2,1H3,(H,16,19);1H. The number of halogens is 1. The number of carbonyl (C=O) groups excluding carboxylic acids is 2. The molecule has 9 nitrogen and oxygen atoms in total. The molecule has 10 heteroatoms. The highest BCUT2D eigenvalue weighted by atomic mass is 35.5. The van der Waals surface area contributed by atoms with Crippen LogP contribution in [0.3, 0.4) is 0 Å². The Labute approximate surface area is 143 Å². The third-order valence-electron chi connectivity index (χ3n) is 2.76. The largest absolute Gasteiger partial charge is 0.485 e. The number of carbonyl (C=O) groups is 2. The van der Waals surface area contributed by atoms with Crippen LogP contribution in [-0.4, -0.2) is 35.7 Å². The summed E-state index contributed by atoms with van der Waals surface area (Å²) in [7, 11) is 1.31. The van der Waals surface area contributed by atoms with Crippen molar-refractivity contribution in [2.75, 3.05) is 13.7 Å². The van der Waals surface area contributed by atoms with E-state index in [1.807, 2.05) is 0 Å². The molecule has 24 heavy (non-hydrogen) atoms. The summed E-state index contributed by atoms with van der Waals surface area (Å²) in [4.78, 5) is 26.5. The fraction of sp³-hybridized carbons (Fsp3) is 0.286. The van der Waals surface area contributed by atoms with Crippen LogP contribution in [0.4, 0.5) is 0 Å². The molecule has 0 aliphatic carbocycles. The molecule has 1 heterocycles. The van der Waals surface area contributed by atoms with Crippen LogP contribution >= 0.6 is 12.4 Å². The summed E-state index contributed by atoms with van der Waals surface area (Å²) >= 11 is 0. The Balaban J connectivity index is 0.00000288. The number of benzene rings is 1. The van der Waals surface area contributed by atoms with Crippen LogP contribution in [0.2, 0.25) is 0 Å². The van der Waals surface area contributed by atoms with Gasteiger partial charge in [-0.3, -0.25) is 4.79 Å². The van der Waals surface area contributed by atoms with E-state index in [0.717, 1.165) is 0 Å². The number of methoxy groups -OCH3 is 1. The summed E-state index contributed by atoms with van der Waals surface area (Å²) in [5.41, 5.74) is 5.54. The summed E-state index contributed by atoms with van der Waals surface area (Å²) < 4.78 is 15.1. The van der Waals surface area contributed by atoms with Crippen molar-refractivity contribution in [3.8, 4) is 5.75 Å². The molecule has 0 aliphatic heterocycles. The van der Waals surface area contributed by atoms with Gasteiger partial charge in [-0.1, -0.05) is 11.2 Å². The first-order valence-corrected chi connectivity index (χ1v) is 6.71. The predicted molar refractivity (Wildman–Crippen MR) is 84.6 cm³/mol. The number of nitrogens with one attached hydrogen (secondary N) is 1. The first kappa shape index (κ1) is 19.4. The molecule has 0 atom stereocenters. The summed E-state index contributed by atoms with van der Waals surface area (Å²) in [6.07, 6.45) is 0. The lowest BCUT2D eigenvalue weighted by Gasteiger charge is -2.05. The van der Waals surface area contributed by atoms with E-state index in [2.05, 4.69) is 20.2 Å². The van der Waals surface area contributed by atoms with Gasteiger partial charge in [0, 0.05) is 0 Å². The second-order valence-corrected chi connectivity index (χ2v) is 4.39. The van der Waals surface area contributed by atoms with Crippen molar-refractivity contribution in [3.63, 3.8) is 0 Å². The number of rotatable bonds is 7. The maximum Gasteiger partial charge on any atom is 0.337 e. The zero-order valence-corrected chi connectivity index (χ0v) is 13.7. The van der Waals surface area contributed by atoms with Crippen LogP contribution in [0.25, 0.3) is 0 Å². The minimum Gasteiger partial charge on any atom is -0.485 e. The molecule has 0 fully saturated rings. The predicted octanol–water partition coefficient (Wildman–Crippen LogP) is 0.432. The second kappa shape index (κ2) is 9.48. The van der Waals surface area contributed by atoms with E-state index in [4.69, 9.17) is 15.0 Å². The number of nitrogens with two attached hydrogens (primary N) is 1. The van der Waals surface area contributed by atoms with Crippen molar-refractivity contribution in [1.82, 2.24) is 15.5 Å². The number of hydrogen-bond acceptors (Lipinski definition) is 8. The van der Waals surface area contributed by atoms with Crippen LogP contribution in [0.1, 0.15) is 22.1 Å². The van der Waals surface area contributed by atoms with Gasteiger partial charge in [0.15, 0.2) is 6.61 Å². The van der Waals surface area contributed by atoms with Crippen molar-refractivity contribution < 1.29 is 23.6 Å². The molecular formula is C14H17ClN4O5. The monoisotopic (exact) mass is 356 g/mol. The van der Waals surface area contributed by atoms with Crippen LogP contribution in [0.5, 0.6) is 5.75 Å². The molecule has 1 amide bonds. The quantitative estimate of drug-likeness (QED) is 0.683. The van der Waals surface area contributed by atoms with E-state index in [9.17, 15) is 9.59 Å². The highest BCUT2D eigenvalue weighted by Crippen LogP contribution is 2.15. The van der Waals surface area contributed by atoms with Crippen LogP contribution < -0.4 is 15.8 Å². The summed E-state index contributed by atoms with van der Waals surface area (Å²) in [6, 6.07) is 6.53. The Bertz CT molecular complexity index is 691. The lowest BCUT2D eigenvalue weighted by atomic mass is 10.2. The molecule has 0 radical (unpaired) electrons. The van der Waals surface area contributed by atoms with Crippen LogP contribution in [-0.2, 0) is 22.7 Å². The Morgan fingerprint density at radius 2 is 2.17 bits per heavy atom. The zero-order valence-electron chi connectivity index (χ0n) is 12.9. The summed E-state index contributed by atoms with van der Waals surface area (Å²) in [5, 5.41) is 6.23. The Morgan fingerprint density at radius 1 is 1.38 bits per heavy atom. The number of nitrogens with zero attached hydrogens (tertiary/aromatic N) is 2. The van der Waals surface area contributed by atoms with Crippen molar-refractivity contribution in [3.05, 3.63) is 41.5 Å². The lowest BCUT2D eigenvalue weighted by molar-refractivity contribution is -0.120. The van der Waals surface area contributed by atoms with Gasteiger partial charge in [-0.25, -0.2) is 4.79 Å². The Kier molecular flexibility index (Phi) is 7.66. The fourth-order valence-corrected chi connectivity index (χ4v) is 1.65. The third kappa shape index (κ3) is 5.52. The highest BCUT2D eigenvalue weighted by molar-refractivity contribution is 5.89. The average Bonchev–Trinajstić information content (AvgIpc) is 3.05. The van der Waals surface area contributed by atoms with Gasteiger partial charge in [0.1, 0.15) is 5.75 Å². The molecule has 0 saturated heterocycles. The molecule has 2 aromatic rings. The van der Waals surface area contributed by atoms with E-state index in [1.54, 1.807) is 24.3 Å². The van der Waals surface area contributed by atoms with E-state index in [-0.39, 0.29) is 43.9 Å². The number of amides is 1. The molecule has 2 rings (SSSR count). The van der Waals surface area contributed by atoms with Gasteiger partial charge in [0.2, 0.25) is 17.6 Å². The molecule has 1 aromatic heterocycles. The molecule has 0 saturated carbocycles. The van der Waals surface area contributed by atoms with Crippen molar-refractivity contribution in [2.24, 2.45) is 5.73 Å². The number of aromatic nitrogens is 2. The maximum absolute atomic E-state index is 11.4. The summed E-state index contributed by atoms with van der Waals surface area (Å²) in [6.45, 7) is 0.0421. The van der Waals surface area contributed by atoms with Crippen LogP contribution in [0.15, 0.2) is 28.8 Å². The number of hydrogen-bond donors (Lipinski definition) is 2. The molecular weight excluding hydrogens is 340 g/mol. The van der Waals surface area contributed by atoms with E-state index >= 15 is 0 Å². The minimum atomic E-state index is -0.451. The summed E-state index contributed by atoms with van der Waals surface area (Å²) in [5.74, 6) is 0.253. The van der Waals surface area contributed by atoms with Gasteiger partial charge in [0.25, 0.3) is 0 Å². The van der Waals surface area contributed by atoms with Gasteiger partial charge in [-0.15, -0.1) is 12.4 Å². The van der Waals surface area contributed by atoms with Gasteiger partial charge < -0.3 is 25.0 Å². The van der Waals surface area contributed by atoms with Crippen molar-refractivity contribution in [1.29, 1.82) is 0 Å². The third-order valence-corrected chi connectivity index (χ3v) is 2.76. The Hall–Kier alpha value is -2.65. The number of esters is 1. The molecule has 0 spiro atoms. The van der Waals surface area contributed by atoms with Crippen LogP contribution in [0, 0.1) is 0 Å². The lowest BCUT2D eigenvalue weighted by Crippen LogP contribution is -2.29. The van der Waals surface area contributed by atoms with E-state index < -0.39 is 5.97 Å². The maximum atomic E-state index is 11.4. The molecule has 0 aliphatic rings. The van der Waals surface area contributed by atoms with E-state index in [0.29, 0.717) is 17.1 Å². The molecule has 3 N–H and O–H groups in total. The topological polar surface area (TPSA) is 130 Å². The Morgan fingerprint density at radius 3 is 2.88 bits per heavy atom. The first-order chi connectivity index (χ1) is 11.1. The van der Waals surface area contributed by atoms with Gasteiger partial charge >= 0.3 is 5.97 Å². The SMILES string of the molecule is COC(=O)c1cccc(OCc2noc(CNC(=O)CN)n2)c1.Cl. The normalized spacial score (nSPS) is 9.75. The molecule has 0 unspecified atom stereocenters. The second-order valence-electron chi connectivity index (χ2n) is 4.39. The van der Waals surface area contributed by atoms with Gasteiger partial charge in [0.05, 0.1) is 25.8 Å². The van der Waals surface area contributed by atoms with Crippen molar-refractivity contribution >= 4 is 24.3 Å². The number of ether oxygens (including phenoxy) is 2. The average molecular weight is 357 g/mol. The van der Waals surface area contributed by atoms with E-state index in [1.165, 1.54) is 7.11 Å². The smallest absolute Gasteiger partial charge is 0.337 e. The molecule has 1 aromatic carbocycles. The minimum absolute atomic E-state index is 0.